The van der Waals surface area contributed by atoms with E-state index in [1.807, 2.05) is 75.5 Å². The summed E-state index contributed by atoms with van der Waals surface area (Å²) in [7, 11) is 1.89. The van der Waals surface area contributed by atoms with Gasteiger partial charge in [0.05, 0.1) is 11.4 Å². The second-order valence-electron chi connectivity index (χ2n) is 5.88. The summed E-state index contributed by atoms with van der Waals surface area (Å²) in [6, 6.07) is 17.8. The summed E-state index contributed by atoms with van der Waals surface area (Å²) in [6.45, 7) is 3.77. The molecule has 2 aromatic carbocycles. The minimum Gasteiger partial charge on any atom is -0.394 e. The van der Waals surface area contributed by atoms with Crippen molar-refractivity contribution in [3.05, 3.63) is 66.0 Å². The van der Waals surface area contributed by atoms with Crippen molar-refractivity contribution in [2.24, 2.45) is 5.10 Å². The molecular weight excluding hydrogens is 324 g/mol. The molecule has 1 heterocycles. The van der Waals surface area contributed by atoms with Crippen molar-refractivity contribution in [3.63, 3.8) is 0 Å². The van der Waals surface area contributed by atoms with Gasteiger partial charge in [0.2, 0.25) is 0 Å². The largest absolute Gasteiger partial charge is 0.394 e. The molecule has 26 heavy (non-hydrogen) atoms. The van der Waals surface area contributed by atoms with E-state index in [1.165, 1.54) is 0 Å². The Balaban J connectivity index is 1.88. The molecule has 0 aliphatic heterocycles. The number of anilines is 3. The number of hydrazone groups is 1. The molecule has 3 rings (SSSR count). The lowest BCUT2D eigenvalue weighted by atomic mass is 10.1. The van der Waals surface area contributed by atoms with Gasteiger partial charge in [0.25, 0.3) is 0 Å². The number of rotatable bonds is 5. The number of nitrogens with one attached hydrogen (secondary N) is 2. The zero-order valence-corrected chi connectivity index (χ0v) is 15.1. The molecule has 0 saturated carbocycles. The molecule has 0 aliphatic carbocycles. The molecule has 0 saturated heterocycles. The molecule has 0 unspecified atom stereocenters. The Morgan fingerprint density at radius 2 is 1.69 bits per heavy atom. The molecule has 4 N–H and O–H groups in total. The van der Waals surface area contributed by atoms with Gasteiger partial charge in [-0.1, -0.05) is 42.5 Å². The van der Waals surface area contributed by atoms with E-state index in [-0.39, 0.29) is 0 Å². The Morgan fingerprint density at radius 3 is 2.35 bits per heavy atom. The van der Waals surface area contributed by atoms with Crippen LogP contribution in [0.5, 0.6) is 0 Å². The van der Waals surface area contributed by atoms with Crippen molar-refractivity contribution >= 4 is 22.9 Å². The first-order valence-electron chi connectivity index (χ1n) is 8.36. The first-order valence-corrected chi connectivity index (χ1v) is 8.36. The second kappa shape index (κ2) is 7.65. The number of nitrogen functional groups attached to an aromatic ring is 1. The molecule has 0 fully saturated rings. The second-order valence-corrected chi connectivity index (χ2v) is 5.88. The van der Waals surface area contributed by atoms with Crippen molar-refractivity contribution in [1.29, 1.82) is 0 Å². The minimum atomic E-state index is 0.476. The highest BCUT2D eigenvalue weighted by Gasteiger charge is 2.11. The van der Waals surface area contributed by atoms with Crippen LogP contribution in [0, 0.1) is 6.92 Å². The van der Waals surface area contributed by atoms with E-state index in [1.54, 1.807) is 0 Å². The van der Waals surface area contributed by atoms with Gasteiger partial charge >= 0.3 is 0 Å². The molecule has 6 nitrogen and oxygen atoms in total. The third kappa shape index (κ3) is 3.80. The number of benzene rings is 2. The van der Waals surface area contributed by atoms with Crippen LogP contribution in [-0.4, -0.2) is 22.7 Å². The van der Waals surface area contributed by atoms with Gasteiger partial charge in [0, 0.05) is 18.3 Å². The smallest absolute Gasteiger partial charge is 0.173 e. The lowest BCUT2D eigenvalue weighted by Gasteiger charge is -2.11. The van der Waals surface area contributed by atoms with E-state index in [9.17, 15) is 0 Å². The van der Waals surface area contributed by atoms with Gasteiger partial charge in [-0.2, -0.15) is 5.10 Å². The highest BCUT2D eigenvalue weighted by atomic mass is 15.3. The predicted octanol–water partition coefficient (Wildman–Crippen LogP) is 3.91. The van der Waals surface area contributed by atoms with E-state index >= 15 is 0 Å². The maximum Gasteiger partial charge on any atom is 0.173 e. The van der Waals surface area contributed by atoms with E-state index in [2.05, 4.69) is 25.8 Å². The maximum absolute atomic E-state index is 6.28. The topological polar surface area (TPSA) is 88.2 Å². The molecular formula is C20H22N6. The summed E-state index contributed by atoms with van der Waals surface area (Å²) >= 11 is 0. The van der Waals surface area contributed by atoms with Gasteiger partial charge in [-0.05, 0) is 31.5 Å². The number of nitrogens with zero attached hydrogens (tertiary/aromatic N) is 3. The van der Waals surface area contributed by atoms with Gasteiger partial charge in [0.1, 0.15) is 11.5 Å². The van der Waals surface area contributed by atoms with Crippen LogP contribution in [0.25, 0.3) is 11.3 Å². The van der Waals surface area contributed by atoms with Crippen molar-refractivity contribution in [2.75, 3.05) is 23.5 Å². The molecule has 0 radical (unpaired) electrons. The van der Waals surface area contributed by atoms with Gasteiger partial charge in [0.15, 0.2) is 5.82 Å². The van der Waals surface area contributed by atoms with Crippen LogP contribution >= 0.6 is 0 Å². The number of aromatic nitrogens is 2. The Labute approximate surface area is 153 Å². The van der Waals surface area contributed by atoms with Crippen molar-refractivity contribution in [3.8, 4) is 11.3 Å². The van der Waals surface area contributed by atoms with Gasteiger partial charge in [-0.15, -0.1) is 0 Å². The summed E-state index contributed by atoms with van der Waals surface area (Å²) in [5, 5.41) is 7.53. The summed E-state index contributed by atoms with van der Waals surface area (Å²) < 4.78 is 0. The average molecular weight is 346 g/mol. The normalized spacial score (nSPS) is 11.3. The van der Waals surface area contributed by atoms with Crippen LogP contribution in [0.15, 0.2) is 59.7 Å². The zero-order chi connectivity index (χ0) is 18.5. The number of aryl methyl sites for hydroxylation is 1. The number of hydrogen-bond donors (Lipinski definition) is 3. The molecule has 6 heteroatoms. The molecule has 0 bridgehead atoms. The molecule has 132 valence electrons. The summed E-state index contributed by atoms with van der Waals surface area (Å²) in [6.07, 6.45) is 0. The van der Waals surface area contributed by atoms with Crippen LogP contribution in [0.3, 0.4) is 0 Å². The van der Waals surface area contributed by atoms with Crippen molar-refractivity contribution in [1.82, 2.24) is 9.97 Å². The SMILES string of the molecule is CNc1ccc(/C(C)=N/Nc2nc(C)nc(-c3ccccc3)c2N)cc1. The number of hydrogen-bond acceptors (Lipinski definition) is 6. The summed E-state index contributed by atoms with van der Waals surface area (Å²) in [4.78, 5) is 8.86. The highest BCUT2D eigenvalue weighted by Crippen LogP contribution is 2.28. The maximum atomic E-state index is 6.28. The first-order chi connectivity index (χ1) is 12.6. The van der Waals surface area contributed by atoms with Gasteiger partial charge in [-0.3, -0.25) is 5.43 Å². The fourth-order valence-corrected chi connectivity index (χ4v) is 2.56. The standard InChI is InChI=1S/C20H22N6/c1-13(15-9-11-17(22-3)12-10-15)25-26-20-18(21)19(23-14(2)24-20)16-7-5-4-6-8-16/h4-12,22H,21H2,1-3H3,(H,23,24,26)/b25-13+. The van der Waals surface area contributed by atoms with E-state index in [0.717, 1.165) is 22.5 Å². The summed E-state index contributed by atoms with van der Waals surface area (Å²) in [5.74, 6) is 1.13. The molecule has 0 spiro atoms. The molecule has 3 aromatic rings. The Morgan fingerprint density at radius 1 is 1.00 bits per heavy atom. The van der Waals surface area contributed by atoms with Crippen LogP contribution < -0.4 is 16.5 Å². The minimum absolute atomic E-state index is 0.476. The first kappa shape index (κ1) is 17.4. The van der Waals surface area contributed by atoms with Crippen molar-refractivity contribution < 1.29 is 0 Å². The Kier molecular flexibility index (Phi) is 5.12. The van der Waals surface area contributed by atoms with E-state index in [4.69, 9.17) is 5.73 Å². The van der Waals surface area contributed by atoms with Gasteiger partial charge in [-0.25, -0.2) is 9.97 Å². The van der Waals surface area contributed by atoms with Gasteiger partial charge < -0.3 is 11.1 Å². The molecule has 0 amide bonds. The predicted molar refractivity (Wildman–Crippen MR) is 108 cm³/mol. The van der Waals surface area contributed by atoms with E-state index < -0.39 is 0 Å². The van der Waals surface area contributed by atoms with Crippen LogP contribution in [0.4, 0.5) is 17.2 Å². The van der Waals surface area contributed by atoms with Crippen LogP contribution in [0.1, 0.15) is 18.3 Å². The lowest BCUT2D eigenvalue weighted by molar-refractivity contribution is 1.05. The van der Waals surface area contributed by atoms with E-state index in [0.29, 0.717) is 23.0 Å². The average Bonchev–Trinajstić information content (AvgIpc) is 2.68. The Bertz CT molecular complexity index is 917. The van der Waals surface area contributed by atoms with Crippen LogP contribution in [0.2, 0.25) is 0 Å². The quantitative estimate of drug-likeness (QED) is 0.481. The number of nitrogens with two attached hydrogens (primary N) is 1. The Hall–Kier alpha value is -3.41. The molecule has 0 atom stereocenters. The lowest BCUT2D eigenvalue weighted by Crippen LogP contribution is -2.07. The fourth-order valence-electron chi connectivity index (χ4n) is 2.56. The third-order valence-electron chi connectivity index (χ3n) is 4.03. The zero-order valence-electron chi connectivity index (χ0n) is 15.1. The molecule has 1 aromatic heterocycles. The van der Waals surface area contributed by atoms with Crippen molar-refractivity contribution in [2.45, 2.75) is 13.8 Å². The molecule has 0 aliphatic rings. The van der Waals surface area contributed by atoms with Crippen LogP contribution in [-0.2, 0) is 0 Å². The summed E-state index contributed by atoms with van der Waals surface area (Å²) in [5.41, 5.74) is 14.3. The highest BCUT2D eigenvalue weighted by molar-refractivity contribution is 5.99. The monoisotopic (exact) mass is 346 g/mol. The third-order valence-corrected chi connectivity index (χ3v) is 4.03. The fraction of sp³-hybridized carbons (Fsp3) is 0.150.